The molecule has 0 aliphatic rings. The second-order valence-corrected chi connectivity index (χ2v) is 6.60. The Kier molecular flexibility index (Phi) is 5.58. The van der Waals surface area contributed by atoms with Gasteiger partial charge in [-0.15, -0.1) is 11.3 Å². The topological polar surface area (TPSA) is 64.1 Å². The monoisotopic (exact) mass is 371 g/mol. The molecule has 0 radical (unpaired) electrons. The molecule has 26 heavy (non-hydrogen) atoms. The number of ether oxygens (including phenoxy) is 1. The first kappa shape index (κ1) is 18.0. The molecule has 5 nitrogen and oxygen atoms in total. The SMILES string of the molecule is COc1ccc([C@@H](C)NC(=O)Cc2csc(-c3ccc(F)cc3)n2)nc1. The number of halogens is 1. The van der Waals surface area contributed by atoms with Crippen molar-refractivity contribution < 1.29 is 13.9 Å². The fourth-order valence-electron chi connectivity index (χ4n) is 2.41. The molecule has 0 aliphatic heterocycles. The summed E-state index contributed by atoms with van der Waals surface area (Å²) < 4.78 is 18.1. The number of nitrogens with one attached hydrogen (secondary N) is 1. The molecule has 3 aromatic rings. The number of hydrogen-bond acceptors (Lipinski definition) is 5. The van der Waals surface area contributed by atoms with Crippen molar-refractivity contribution in [3.8, 4) is 16.3 Å². The number of amides is 1. The molecule has 7 heteroatoms. The van der Waals surface area contributed by atoms with Crippen LogP contribution in [0.4, 0.5) is 4.39 Å². The van der Waals surface area contributed by atoms with Crippen LogP contribution in [-0.4, -0.2) is 23.0 Å². The molecule has 1 N–H and O–H groups in total. The maximum Gasteiger partial charge on any atom is 0.226 e. The fraction of sp³-hybridized carbons (Fsp3) is 0.211. The minimum atomic E-state index is -0.286. The molecule has 2 heterocycles. The van der Waals surface area contributed by atoms with Gasteiger partial charge in [0.15, 0.2) is 0 Å². The molecule has 1 atom stereocenters. The van der Waals surface area contributed by atoms with Crippen LogP contribution in [0.2, 0.25) is 0 Å². The highest BCUT2D eigenvalue weighted by Gasteiger charge is 2.13. The number of benzene rings is 1. The van der Waals surface area contributed by atoms with Gasteiger partial charge < -0.3 is 10.1 Å². The van der Waals surface area contributed by atoms with Crippen molar-refractivity contribution in [2.75, 3.05) is 7.11 Å². The van der Waals surface area contributed by atoms with E-state index in [4.69, 9.17) is 4.74 Å². The number of aromatic nitrogens is 2. The first-order chi connectivity index (χ1) is 12.5. The number of rotatable bonds is 6. The van der Waals surface area contributed by atoms with Gasteiger partial charge in [-0.3, -0.25) is 9.78 Å². The summed E-state index contributed by atoms with van der Waals surface area (Å²) >= 11 is 1.43. The Hall–Kier alpha value is -2.80. The van der Waals surface area contributed by atoms with Crippen LogP contribution in [0.5, 0.6) is 5.75 Å². The smallest absolute Gasteiger partial charge is 0.226 e. The van der Waals surface area contributed by atoms with Crippen LogP contribution in [0.3, 0.4) is 0 Å². The molecule has 0 aliphatic carbocycles. The van der Waals surface area contributed by atoms with Crippen LogP contribution >= 0.6 is 11.3 Å². The van der Waals surface area contributed by atoms with Crippen molar-refractivity contribution in [2.24, 2.45) is 0 Å². The third-order valence-corrected chi connectivity index (χ3v) is 4.74. The second kappa shape index (κ2) is 8.05. The van der Waals surface area contributed by atoms with Crippen molar-refractivity contribution in [1.29, 1.82) is 0 Å². The van der Waals surface area contributed by atoms with E-state index < -0.39 is 0 Å². The lowest BCUT2D eigenvalue weighted by Gasteiger charge is -2.13. The second-order valence-electron chi connectivity index (χ2n) is 5.74. The molecule has 1 aromatic carbocycles. The van der Waals surface area contributed by atoms with Crippen LogP contribution in [0, 0.1) is 5.82 Å². The largest absolute Gasteiger partial charge is 0.495 e. The standard InChI is InChI=1S/C19H18FN3O2S/c1-12(17-8-7-16(25-2)10-21-17)22-18(24)9-15-11-26-19(23-15)13-3-5-14(20)6-4-13/h3-8,10-12H,9H2,1-2H3,(H,22,24)/t12-/m1/s1. The van der Waals surface area contributed by atoms with E-state index in [1.807, 2.05) is 18.4 Å². The molecule has 0 bridgehead atoms. The van der Waals surface area contributed by atoms with E-state index in [0.717, 1.165) is 16.3 Å². The molecule has 134 valence electrons. The van der Waals surface area contributed by atoms with Gasteiger partial charge in [0.1, 0.15) is 16.6 Å². The molecule has 3 rings (SSSR count). The lowest BCUT2D eigenvalue weighted by atomic mass is 10.2. The molecule has 0 unspecified atom stereocenters. The molecular formula is C19H18FN3O2S. The number of carbonyl (C=O) groups excluding carboxylic acids is 1. The van der Waals surface area contributed by atoms with Crippen molar-refractivity contribution >= 4 is 17.2 Å². The van der Waals surface area contributed by atoms with Gasteiger partial charge in [-0.25, -0.2) is 9.37 Å². The summed E-state index contributed by atoms with van der Waals surface area (Å²) in [5, 5.41) is 5.51. The van der Waals surface area contributed by atoms with Gasteiger partial charge in [-0.2, -0.15) is 0 Å². The molecule has 0 saturated carbocycles. The van der Waals surface area contributed by atoms with Crippen LogP contribution in [0.25, 0.3) is 10.6 Å². The van der Waals surface area contributed by atoms with Crippen LogP contribution in [0.15, 0.2) is 48.0 Å². The number of carbonyl (C=O) groups is 1. The molecule has 0 fully saturated rings. The number of pyridine rings is 1. The summed E-state index contributed by atoms with van der Waals surface area (Å²) in [6.45, 7) is 1.87. The Morgan fingerprint density at radius 3 is 2.69 bits per heavy atom. The van der Waals surface area contributed by atoms with E-state index in [-0.39, 0.29) is 24.2 Å². The number of nitrogens with zero attached hydrogens (tertiary/aromatic N) is 2. The van der Waals surface area contributed by atoms with E-state index in [0.29, 0.717) is 11.4 Å². The lowest BCUT2D eigenvalue weighted by molar-refractivity contribution is -0.121. The van der Waals surface area contributed by atoms with Crippen molar-refractivity contribution in [3.63, 3.8) is 0 Å². The zero-order valence-corrected chi connectivity index (χ0v) is 15.2. The zero-order valence-electron chi connectivity index (χ0n) is 14.4. The Bertz CT molecular complexity index is 879. The number of methoxy groups -OCH3 is 1. The third-order valence-electron chi connectivity index (χ3n) is 3.80. The van der Waals surface area contributed by atoms with Gasteiger partial charge in [0.05, 0.1) is 37.2 Å². The van der Waals surface area contributed by atoms with Crippen LogP contribution < -0.4 is 10.1 Å². The van der Waals surface area contributed by atoms with Crippen LogP contribution in [0.1, 0.15) is 24.4 Å². The quantitative estimate of drug-likeness (QED) is 0.716. The minimum absolute atomic E-state index is 0.133. The normalized spacial score (nSPS) is 11.8. The van der Waals surface area contributed by atoms with Crippen LogP contribution in [-0.2, 0) is 11.2 Å². The molecule has 0 spiro atoms. The summed E-state index contributed by atoms with van der Waals surface area (Å²) in [5.74, 6) is 0.250. The highest BCUT2D eigenvalue weighted by atomic mass is 32.1. The highest BCUT2D eigenvalue weighted by Crippen LogP contribution is 2.24. The number of thiazole rings is 1. The van der Waals surface area contributed by atoms with Crippen molar-refractivity contribution in [3.05, 3.63) is 65.2 Å². The molecular weight excluding hydrogens is 353 g/mol. The van der Waals surface area contributed by atoms with E-state index in [1.165, 1.54) is 23.5 Å². The highest BCUT2D eigenvalue weighted by molar-refractivity contribution is 7.13. The maximum absolute atomic E-state index is 13.0. The van der Waals surface area contributed by atoms with Gasteiger partial charge in [-0.1, -0.05) is 0 Å². The van der Waals surface area contributed by atoms with Crippen molar-refractivity contribution in [1.82, 2.24) is 15.3 Å². The molecule has 1 amide bonds. The number of hydrogen-bond donors (Lipinski definition) is 1. The van der Waals surface area contributed by atoms with Gasteiger partial charge in [0.25, 0.3) is 0 Å². The summed E-state index contributed by atoms with van der Waals surface area (Å²) in [6, 6.07) is 9.55. The first-order valence-electron chi connectivity index (χ1n) is 8.05. The Balaban J connectivity index is 1.60. The molecule has 0 saturated heterocycles. The average molecular weight is 371 g/mol. The lowest BCUT2D eigenvalue weighted by Crippen LogP contribution is -2.28. The van der Waals surface area contributed by atoms with E-state index in [9.17, 15) is 9.18 Å². The zero-order chi connectivity index (χ0) is 18.5. The summed E-state index contributed by atoms with van der Waals surface area (Å²) in [5.41, 5.74) is 2.27. The summed E-state index contributed by atoms with van der Waals surface area (Å²) in [7, 11) is 1.58. The van der Waals surface area contributed by atoms with E-state index in [1.54, 1.807) is 31.5 Å². The fourth-order valence-corrected chi connectivity index (χ4v) is 3.24. The Morgan fingerprint density at radius 2 is 2.04 bits per heavy atom. The maximum atomic E-state index is 13.0. The van der Waals surface area contributed by atoms with Gasteiger partial charge in [0.2, 0.25) is 5.91 Å². The van der Waals surface area contributed by atoms with Gasteiger partial charge >= 0.3 is 0 Å². The predicted octanol–water partition coefficient (Wildman–Crippen LogP) is 3.77. The summed E-state index contributed by atoms with van der Waals surface area (Å²) in [6.07, 6.45) is 1.80. The van der Waals surface area contributed by atoms with Gasteiger partial charge in [-0.05, 0) is 43.3 Å². The van der Waals surface area contributed by atoms with Gasteiger partial charge in [0, 0.05) is 10.9 Å². The average Bonchev–Trinajstić information content (AvgIpc) is 3.10. The summed E-state index contributed by atoms with van der Waals surface area (Å²) in [4.78, 5) is 21.0. The third kappa shape index (κ3) is 4.43. The Labute approximate surface area is 154 Å². The van der Waals surface area contributed by atoms with E-state index >= 15 is 0 Å². The molecule has 2 aromatic heterocycles. The minimum Gasteiger partial charge on any atom is -0.495 e. The Morgan fingerprint density at radius 1 is 1.27 bits per heavy atom. The van der Waals surface area contributed by atoms with Crippen molar-refractivity contribution in [2.45, 2.75) is 19.4 Å². The first-order valence-corrected chi connectivity index (χ1v) is 8.93. The van der Waals surface area contributed by atoms with E-state index in [2.05, 4.69) is 15.3 Å². The predicted molar refractivity (Wildman–Crippen MR) is 98.6 cm³/mol.